The minimum Gasteiger partial charge on any atom is -0.676 e. The fourth-order valence-electron chi connectivity index (χ4n) is 1.05. The van der Waals surface area contributed by atoms with Gasteiger partial charge < -0.3 is 16.4 Å². The van der Waals surface area contributed by atoms with E-state index in [0.717, 1.165) is 6.42 Å². The second kappa shape index (κ2) is 11.9. The van der Waals surface area contributed by atoms with E-state index in [1.54, 1.807) is 6.92 Å². The van der Waals surface area contributed by atoms with Crippen molar-refractivity contribution in [3.63, 3.8) is 0 Å². The summed E-state index contributed by atoms with van der Waals surface area (Å²) in [7, 11) is 0. The number of rotatable bonds is 8. The zero-order valence-corrected chi connectivity index (χ0v) is 15.1. The van der Waals surface area contributed by atoms with Gasteiger partial charge in [0.25, 0.3) is 0 Å². The summed E-state index contributed by atoms with van der Waals surface area (Å²) in [5, 5.41) is 5.81. The van der Waals surface area contributed by atoms with Crippen molar-refractivity contribution in [1.82, 2.24) is 10.6 Å². The van der Waals surface area contributed by atoms with Gasteiger partial charge in [-0.15, -0.1) is 6.54 Å². The molecule has 0 bridgehead atoms. The van der Waals surface area contributed by atoms with Crippen LogP contribution in [0, 0.1) is 0 Å². The number of allylic oxidation sites excluding steroid dienone is 2. The van der Waals surface area contributed by atoms with Gasteiger partial charge in [-0.1, -0.05) is 6.92 Å². The summed E-state index contributed by atoms with van der Waals surface area (Å²) in [6, 6.07) is 0. The van der Waals surface area contributed by atoms with Crippen LogP contribution in [-0.2, 0) is 9.59 Å². The molecule has 0 aromatic heterocycles. The number of carbonyl (C=O) groups excluding carboxylic acids is 2. The van der Waals surface area contributed by atoms with Gasteiger partial charge >= 0.3 is 58.2 Å². The third-order valence-electron chi connectivity index (χ3n) is 1.80. The molecule has 86 valence electrons. The molecule has 0 atom stereocenters. The van der Waals surface area contributed by atoms with Gasteiger partial charge in [0.05, 0.1) is 0 Å². The van der Waals surface area contributed by atoms with E-state index in [9.17, 15) is 9.59 Å². The number of hydrogen-bond acceptors (Lipinski definition) is 4. The van der Waals surface area contributed by atoms with Crippen molar-refractivity contribution in [1.29, 1.82) is 0 Å². The Bertz CT molecular complexity index is 254. The number of Topliss-reactive ketones (excluding diaryl/α,β-unsaturated/α-hetero) is 1. The smallest absolute Gasteiger partial charge is 0.676 e. The molecule has 0 saturated heterocycles. The van der Waals surface area contributed by atoms with E-state index >= 15 is 0 Å². The van der Waals surface area contributed by atoms with Crippen molar-refractivity contribution in [3.05, 3.63) is 17.1 Å². The largest absolute Gasteiger partial charge is 1.00 e. The van der Waals surface area contributed by atoms with Crippen LogP contribution < -0.4 is 68.8 Å². The van der Waals surface area contributed by atoms with E-state index in [0.29, 0.717) is 30.8 Å². The molecule has 0 aromatic carbocycles. The van der Waals surface area contributed by atoms with E-state index < -0.39 is 5.78 Å². The Labute approximate surface area is 145 Å². The number of nitrogens with one attached hydrogen (secondary N) is 3. The molecule has 0 spiro atoms. The first-order valence-corrected chi connectivity index (χ1v) is 5.00. The van der Waals surface area contributed by atoms with Crippen LogP contribution in [0.5, 0.6) is 0 Å². The molecule has 0 aliphatic rings. The standard InChI is InChI=1S/C10H18N3O2.Rb/c1-3-5-13-10(9(15)7-14)8(2)12-6-4-11;/h7,11-13H,3-6H2,1-2H3;/q-1;+1/b10-8-;. The fourth-order valence-corrected chi connectivity index (χ4v) is 1.05. The maximum absolute atomic E-state index is 11.2. The Hall–Kier alpha value is 0.445. The predicted octanol–water partition coefficient (Wildman–Crippen LogP) is -2.37. The second-order valence-corrected chi connectivity index (χ2v) is 3.09. The third kappa shape index (κ3) is 7.68. The second-order valence-electron chi connectivity index (χ2n) is 3.09. The van der Waals surface area contributed by atoms with Crippen LogP contribution in [0.1, 0.15) is 20.3 Å². The third-order valence-corrected chi connectivity index (χ3v) is 1.80. The van der Waals surface area contributed by atoms with Gasteiger partial charge in [0.1, 0.15) is 5.70 Å². The molecule has 0 radical (unpaired) electrons. The van der Waals surface area contributed by atoms with Crippen LogP contribution in [0.2, 0.25) is 0 Å². The summed E-state index contributed by atoms with van der Waals surface area (Å²) in [6.07, 6.45) is 1.17. The maximum atomic E-state index is 11.2. The molecule has 0 unspecified atom stereocenters. The Morgan fingerprint density at radius 3 is 2.38 bits per heavy atom. The Balaban J connectivity index is 0. The first kappa shape index (κ1) is 18.8. The summed E-state index contributed by atoms with van der Waals surface area (Å²) in [5.41, 5.74) is 7.89. The molecule has 0 aliphatic heterocycles. The van der Waals surface area contributed by atoms with Crippen LogP contribution in [0.25, 0.3) is 5.73 Å². The van der Waals surface area contributed by atoms with Gasteiger partial charge in [-0.05, 0) is 19.9 Å². The zero-order valence-electron chi connectivity index (χ0n) is 10.2. The molecule has 3 N–H and O–H groups in total. The van der Waals surface area contributed by atoms with E-state index in [4.69, 9.17) is 5.73 Å². The summed E-state index contributed by atoms with van der Waals surface area (Å²) in [6.45, 7) is 5.04. The number of aldehydes is 1. The van der Waals surface area contributed by atoms with Crippen LogP contribution in [0.3, 0.4) is 0 Å². The average Bonchev–Trinajstić information content (AvgIpc) is 2.26. The minimum atomic E-state index is -0.557. The quantitative estimate of drug-likeness (QED) is 0.298. The molecule has 16 heavy (non-hydrogen) atoms. The maximum Gasteiger partial charge on any atom is 1.00 e. The molecule has 0 aliphatic carbocycles. The van der Waals surface area contributed by atoms with Crippen molar-refractivity contribution < 1.29 is 67.8 Å². The first-order chi connectivity index (χ1) is 7.17. The molecular formula is C10H18N3O2Rb. The Morgan fingerprint density at radius 2 is 1.94 bits per heavy atom. The monoisotopic (exact) mass is 297 g/mol. The Kier molecular flexibility index (Phi) is 14.0. The number of carbonyl (C=O) groups is 2. The van der Waals surface area contributed by atoms with Gasteiger partial charge in [-0.2, -0.15) is 0 Å². The molecule has 5 nitrogen and oxygen atoms in total. The SMILES string of the molecule is CCCN/C(C(=O)C=O)=C(/C)NCC[NH-].[Rb+]. The van der Waals surface area contributed by atoms with Crippen molar-refractivity contribution >= 4 is 12.1 Å². The average molecular weight is 298 g/mol. The topological polar surface area (TPSA) is 82.0 Å². The van der Waals surface area contributed by atoms with E-state index in [1.807, 2.05) is 6.92 Å². The van der Waals surface area contributed by atoms with Crippen molar-refractivity contribution in [3.8, 4) is 0 Å². The first-order valence-electron chi connectivity index (χ1n) is 5.00. The van der Waals surface area contributed by atoms with Gasteiger partial charge in [-0.25, -0.2) is 0 Å². The zero-order chi connectivity index (χ0) is 11.7. The van der Waals surface area contributed by atoms with Crippen LogP contribution >= 0.6 is 0 Å². The summed E-state index contributed by atoms with van der Waals surface area (Å²) in [4.78, 5) is 21.6. The molecule has 6 heteroatoms. The van der Waals surface area contributed by atoms with Gasteiger partial charge in [-0.3, -0.25) is 9.59 Å². The molecule has 0 aromatic rings. The van der Waals surface area contributed by atoms with E-state index in [1.165, 1.54) is 0 Å². The Morgan fingerprint density at radius 1 is 1.31 bits per heavy atom. The fraction of sp³-hybridized carbons (Fsp3) is 0.600. The van der Waals surface area contributed by atoms with Gasteiger partial charge in [0.2, 0.25) is 5.78 Å². The van der Waals surface area contributed by atoms with Crippen LogP contribution in [0.4, 0.5) is 0 Å². The van der Waals surface area contributed by atoms with Crippen molar-refractivity contribution in [2.45, 2.75) is 20.3 Å². The molecular weight excluding hydrogens is 280 g/mol. The molecule has 0 amide bonds. The van der Waals surface area contributed by atoms with Crippen molar-refractivity contribution in [2.24, 2.45) is 0 Å². The van der Waals surface area contributed by atoms with Crippen LogP contribution in [0.15, 0.2) is 11.4 Å². The molecule has 0 rings (SSSR count). The normalized spacial score (nSPS) is 10.9. The summed E-state index contributed by atoms with van der Waals surface area (Å²) < 4.78 is 0. The van der Waals surface area contributed by atoms with Gasteiger partial charge in [0, 0.05) is 12.2 Å². The molecule has 0 fully saturated rings. The van der Waals surface area contributed by atoms with Gasteiger partial charge in [0.15, 0.2) is 6.29 Å². The van der Waals surface area contributed by atoms with E-state index in [-0.39, 0.29) is 64.7 Å². The minimum absolute atomic E-state index is 0. The number of hydrogen-bond donors (Lipinski definition) is 2. The predicted molar refractivity (Wildman–Crippen MR) is 59.3 cm³/mol. The summed E-state index contributed by atoms with van der Waals surface area (Å²) in [5.74, 6) is -0.557. The molecule has 0 heterocycles. The van der Waals surface area contributed by atoms with E-state index in [2.05, 4.69) is 10.6 Å². The number of ketones is 1. The van der Waals surface area contributed by atoms with Crippen LogP contribution in [-0.4, -0.2) is 31.7 Å². The molecule has 0 saturated carbocycles. The summed E-state index contributed by atoms with van der Waals surface area (Å²) >= 11 is 0. The van der Waals surface area contributed by atoms with Crippen molar-refractivity contribution in [2.75, 3.05) is 19.6 Å².